The molecule has 1 fully saturated rings. The van der Waals surface area contributed by atoms with Crippen LogP contribution in [0, 0.1) is 24.2 Å². The van der Waals surface area contributed by atoms with Gasteiger partial charge in [-0.05, 0) is 37.8 Å². The fraction of sp³-hybridized carbons (Fsp3) is 0.300. The summed E-state index contributed by atoms with van der Waals surface area (Å²) in [7, 11) is 0. The minimum atomic E-state index is -0.870. The quantitative estimate of drug-likeness (QED) is 0.721. The summed E-state index contributed by atoms with van der Waals surface area (Å²) in [6.45, 7) is 1.95. The number of carboxylic acids is 1. The molecule has 1 saturated carbocycles. The molecule has 0 bridgehead atoms. The molecule has 0 aromatic carbocycles. The van der Waals surface area contributed by atoms with Gasteiger partial charge in [0.25, 0.3) is 0 Å². The second kappa shape index (κ2) is 7.19. The van der Waals surface area contributed by atoms with Gasteiger partial charge in [-0.1, -0.05) is 6.42 Å². The Kier molecular flexibility index (Phi) is 4.57. The molecular weight excluding hydrogens is 356 g/mol. The zero-order valence-electron chi connectivity index (χ0n) is 15.3. The van der Waals surface area contributed by atoms with Crippen molar-refractivity contribution in [1.29, 1.82) is 5.26 Å². The van der Waals surface area contributed by atoms with E-state index in [9.17, 15) is 15.2 Å². The number of H-pyrrole nitrogens is 1. The van der Waals surface area contributed by atoms with E-state index >= 15 is 0 Å². The smallest absolute Gasteiger partial charge is 0.312 e. The molecule has 4 rings (SSSR count). The Morgan fingerprint density at radius 1 is 1.36 bits per heavy atom. The number of aromatic amines is 1. The lowest BCUT2D eigenvalue weighted by Crippen LogP contribution is -2.27. The minimum absolute atomic E-state index is 0.173. The molecule has 3 aromatic heterocycles. The standard InChI is InChI=1S/C20H18N6O2/c1-11-6-14-15(10-23-18(14)22-8-11)17-12(7-21)9-24-20(26-17)25-16-5-3-2-4-13(16)19(27)28/h6,8-10,13H,2-5H2,1H3,(H,22,23)(H,27,28). The molecule has 1 aliphatic rings. The van der Waals surface area contributed by atoms with Gasteiger partial charge >= 0.3 is 5.97 Å². The van der Waals surface area contributed by atoms with Crippen molar-refractivity contribution in [3.8, 4) is 17.3 Å². The Balaban J connectivity index is 1.82. The number of aromatic nitrogens is 4. The van der Waals surface area contributed by atoms with Gasteiger partial charge in [0, 0.05) is 29.1 Å². The van der Waals surface area contributed by atoms with Crippen LogP contribution in [0.2, 0.25) is 0 Å². The average molecular weight is 374 g/mol. The van der Waals surface area contributed by atoms with Gasteiger partial charge in [0.05, 0.1) is 23.4 Å². The summed E-state index contributed by atoms with van der Waals surface area (Å²) >= 11 is 0. The van der Waals surface area contributed by atoms with Crippen molar-refractivity contribution < 1.29 is 9.90 Å². The Hall–Kier alpha value is -3.60. The van der Waals surface area contributed by atoms with Gasteiger partial charge in [-0.2, -0.15) is 5.26 Å². The minimum Gasteiger partial charge on any atom is -0.481 e. The molecule has 0 aliphatic heterocycles. The fourth-order valence-corrected chi connectivity index (χ4v) is 3.54. The molecule has 0 spiro atoms. The first kappa shape index (κ1) is 17.8. The maximum atomic E-state index is 11.5. The lowest BCUT2D eigenvalue weighted by molar-refractivity contribution is -0.139. The lowest BCUT2D eigenvalue weighted by Gasteiger charge is -2.20. The number of nitrogens with zero attached hydrogens (tertiary/aromatic N) is 5. The molecule has 0 saturated heterocycles. The van der Waals surface area contributed by atoms with Gasteiger partial charge in [-0.15, -0.1) is 0 Å². The molecule has 0 amide bonds. The first-order chi connectivity index (χ1) is 13.6. The van der Waals surface area contributed by atoms with Crippen LogP contribution in [0.4, 0.5) is 5.95 Å². The van der Waals surface area contributed by atoms with Crippen LogP contribution in [-0.2, 0) is 4.79 Å². The van der Waals surface area contributed by atoms with E-state index < -0.39 is 11.9 Å². The first-order valence-electron chi connectivity index (χ1n) is 9.08. The van der Waals surface area contributed by atoms with Gasteiger partial charge in [-0.25, -0.2) is 19.9 Å². The molecule has 3 heterocycles. The van der Waals surface area contributed by atoms with Gasteiger partial charge in [-0.3, -0.25) is 4.79 Å². The van der Waals surface area contributed by atoms with Crippen molar-refractivity contribution in [1.82, 2.24) is 19.9 Å². The van der Waals surface area contributed by atoms with E-state index in [0.29, 0.717) is 35.5 Å². The highest BCUT2D eigenvalue weighted by Gasteiger charge is 2.27. The number of aryl methyl sites for hydroxylation is 1. The molecule has 1 aliphatic carbocycles. The Bertz CT molecular complexity index is 1140. The second-order valence-corrected chi connectivity index (χ2v) is 6.90. The van der Waals surface area contributed by atoms with Crippen LogP contribution in [0.1, 0.15) is 36.8 Å². The second-order valence-electron chi connectivity index (χ2n) is 6.90. The third kappa shape index (κ3) is 3.22. The van der Waals surface area contributed by atoms with Gasteiger partial charge < -0.3 is 10.1 Å². The summed E-state index contributed by atoms with van der Waals surface area (Å²) in [5.41, 5.74) is 3.81. The molecule has 0 radical (unpaired) electrons. The first-order valence-corrected chi connectivity index (χ1v) is 9.08. The summed E-state index contributed by atoms with van der Waals surface area (Å²) in [6.07, 6.45) is 7.92. The van der Waals surface area contributed by atoms with Crippen molar-refractivity contribution in [3.63, 3.8) is 0 Å². The molecule has 1 atom stereocenters. The number of nitrogens with one attached hydrogen (secondary N) is 1. The molecule has 8 nitrogen and oxygen atoms in total. The van der Waals surface area contributed by atoms with Crippen molar-refractivity contribution in [3.05, 3.63) is 35.8 Å². The number of carboxylic acid groups (broad SMARTS) is 1. The van der Waals surface area contributed by atoms with Crippen LogP contribution >= 0.6 is 0 Å². The van der Waals surface area contributed by atoms with Crippen LogP contribution in [0.3, 0.4) is 0 Å². The maximum absolute atomic E-state index is 11.5. The van der Waals surface area contributed by atoms with Gasteiger partial charge in [0.1, 0.15) is 11.7 Å². The van der Waals surface area contributed by atoms with Crippen molar-refractivity contribution in [2.75, 3.05) is 0 Å². The highest BCUT2D eigenvalue weighted by Crippen LogP contribution is 2.31. The number of nitriles is 1. The van der Waals surface area contributed by atoms with Gasteiger partial charge in [0.2, 0.25) is 5.95 Å². The summed E-state index contributed by atoms with van der Waals surface area (Å²) in [6, 6.07) is 4.10. The Labute approximate surface area is 161 Å². The van der Waals surface area contributed by atoms with Crippen LogP contribution in [0.5, 0.6) is 0 Å². The summed E-state index contributed by atoms with van der Waals surface area (Å²) in [5, 5.41) is 19.8. The number of aliphatic carboxylic acids is 1. The predicted molar refractivity (Wildman–Crippen MR) is 103 cm³/mol. The number of hydrogen-bond donors (Lipinski definition) is 2. The average Bonchev–Trinajstić information content (AvgIpc) is 3.11. The van der Waals surface area contributed by atoms with E-state index in [1.807, 2.05) is 13.0 Å². The highest BCUT2D eigenvalue weighted by molar-refractivity contribution is 6.03. The number of pyridine rings is 1. The van der Waals surface area contributed by atoms with E-state index in [0.717, 1.165) is 29.4 Å². The van der Waals surface area contributed by atoms with Crippen molar-refractivity contribution in [2.24, 2.45) is 10.9 Å². The topological polar surface area (TPSA) is 128 Å². The van der Waals surface area contributed by atoms with E-state index in [1.165, 1.54) is 6.20 Å². The van der Waals surface area contributed by atoms with Crippen LogP contribution < -0.4 is 0 Å². The molecule has 140 valence electrons. The van der Waals surface area contributed by atoms with Crippen LogP contribution in [0.15, 0.2) is 29.6 Å². The highest BCUT2D eigenvalue weighted by atomic mass is 16.4. The summed E-state index contributed by atoms with van der Waals surface area (Å²) in [5.74, 6) is -1.30. The molecule has 2 N–H and O–H groups in total. The summed E-state index contributed by atoms with van der Waals surface area (Å²) in [4.78, 5) is 32.1. The number of hydrogen-bond acceptors (Lipinski definition) is 6. The van der Waals surface area contributed by atoms with E-state index in [-0.39, 0.29) is 5.95 Å². The van der Waals surface area contributed by atoms with Crippen molar-refractivity contribution in [2.45, 2.75) is 32.6 Å². The van der Waals surface area contributed by atoms with Crippen molar-refractivity contribution >= 4 is 28.7 Å². The van der Waals surface area contributed by atoms with E-state index in [4.69, 9.17) is 0 Å². The molecule has 1 unspecified atom stereocenters. The molecule has 3 aromatic rings. The zero-order chi connectivity index (χ0) is 19.7. The van der Waals surface area contributed by atoms with Crippen LogP contribution in [-0.4, -0.2) is 36.7 Å². The fourth-order valence-electron chi connectivity index (χ4n) is 3.54. The monoisotopic (exact) mass is 374 g/mol. The maximum Gasteiger partial charge on any atom is 0.312 e. The number of aliphatic imine (C=N–C) groups is 1. The largest absolute Gasteiger partial charge is 0.481 e. The number of carbonyl (C=O) groups is 1. The normalized spacial score (nSPS) is 18.3. The Morgan fingerprint density at radius 2 is 2.21 bits per heavy atom. The summed E-state index contributed by atoms with van der Waals surface area (Å²) < 4.78 is 0. The zero-order valence-corrected chi connectivity index (χ0v) is 15.3. The molecular formula is C20H18N6O2. The number of fused-ring (bicyclic) bond motifs is 1. The Morgan fingerprint density at radius 3 is 3.00 bits per heavy atom. The van der Waals surface area contributed by atoms with Crippen LogP contribution in [0.25, 0.3) is 22.3 Å². The molecule has 8 heteroatoms. The third-order valence-electron chi connectivity index (χ3n) is 4.94. The lowest BCUT2D eigenvalue weighted by atomic mass is 9.87. The third-order valence-corrected chi connectivity index (χ3v) is 4.94. The van der Waals surface area contributed by atoms with E-state index in [1.54, 1.807) is 12.4 Å². The predicted octanol–water partition coefficient (Wildman–Crippen LogP) is 3.55. The number of rotatable bonds is 3. The molecule has 28 heavy (non-hydrogen) atoms. The van der Waals surface area contributed by atoms with E-state index in [2.05, 4.69) is 31.0 Å². The van der Waals surface area contributed by atoms with Gasteiger partial charge in [0.15, 0.2) is 0 Å². The SMILES string of the molecule is Cc1cnc2[nH]cc(-c3nc(N=C4CCCCC4C(=O)O)ncc3C#N)c2c1.